The van der Waals surface area contributed by atoms with Crippen LogP contribution in [0.25, 0.3) is 22.0 Å². The van der Waals surface area contributed by atoms with E-state index in [9.17, 15) is 14.7 Å². The predicted molar refractivity (Wildman–Crippen MR) is 158 cm³/mol. The number of aromatic nitrogens is 3. The second-order valence-electron chi connectivity index (χ2n) is 10.6. The maximum absolute atomic E-state index is 13.8. The fourth-order valence-corrected chi connectivity index (χ4v) is 5.34. The van der Waals surface area contributed by atoms with E-state index in [2.05, 4.69) is 15.6 Å². The number of hydrogen-bond donors (Lipinski definition) is 3. The number of piperazine rings is 1. The Morgan fingerprint density at radius 2 is 1.86 bits per heavy atom. The number of hydrogen-bond acceptors (Lipinski definition) is 9. The highest BCUT2D eigenvalue weighted by Crippen LogP contribution is 2.26. The molecular formula is C31H33N7O5. The zero-order valence-electron chi connectivity index (χ0n) is 23.7. The van der Waals surface area contributed by atoms with E-state index in [0.717, 1.165) is 27.5 Å². The summed E-state index contributed by atoms with van der Waals surface area (Å²) in [6.07, 6.45) is -1.71. The van der Waals surface area contributed by atoms with E-state index in [-0.39, 0.29) is 26.2 Å². The van der Waals surface area contributed by atoms with Crippen LogP contribution in [0.1, 0.15) is 22.9 Å². The molecular weight excluding hydrogens is 550 g/mol. The molecule has 4 N–H and O–H groups in total. The number of carbonyl (C=O) groups is 2. The molecule has 1 aliphatic rings. The molecule has 43 heavy (non-hydrogen) atoms. The summed E-state index contributed by atoms with van der Waals surface area (Å²) >= 11 is 0. The van der Waals surface area contributed by atoms with E-state index in [0.29, 0.717) is 17.9 Å². The third kappa shape index (κ3) is 6.07. The number of rotatable bonds is 8. The molecule has 0 radical (unpaired) electrons. The molecule has 3 unspecified atom stereocenters. The monoisotopic (exact) mass is 583 g/mol. The molecule has 12 heteroatoms. The van der Waals surface area contributed by atoms with Gasteiger partial charge in [0, 0.05) is 38.6 Å². The maximum Gasteiger partial charge on any atom is 0.410 e. The molecule has 0 spiro atoms. The first kappa shape index (κ1) is 28.3. The highest BCUT2D eigenvalue weighted by atomic mass is 16.6. The minimum Gasteiger partial charge on any atom is -0.459 e. The van der Waals surface area contributed by atoms with Gasteiger partial charge in [0.2, 0.25) is 5.91 Å². The van der Waals surface area contributed by atoms with E-state index >= 15 is 0 Å². The van der Waals surface area contributed by atoms with Crippen molar-refractivity contribution in [1.29, 1.82) is 0 Å². The first-order valence-electron chi connectivity index (χ1n) is 14.1. The molecule has 0 aliphatic carbocycles. The van der Waals surface area contributed by atoms with Crippen molar-refractivity contribution in [3.05, 3.63) is 95.7 Å². The number of furan rings is 1. The van der Waals surface area contributed by atoms with Crippen LogP contribution in [0.2, 0.25) is 0 Å². The largest absolute Gasteiger partial charge is 0.459 e. The lowest BCUT2D eigenvalue weighted by Gasteiger charge is -2.43. The number of aliphatic hydroxyl groups excluding tert-OH is 1. The summed E-state index contributed by atoms with van der Waals surface area (Å²) < 4.78 is 13.1. The van der Waals surface area contributed by atoms with Crippen LogP contribution < -0.4 is 11.1 Å². The second-order valence-corrected chi connectivity index (χ2v) is 10.6. The highest BCUT2D eigenvalue weighted by molar-refractivity contribution is 5.86. The van der Waals surface area contributed by atoms with Crippen LogP contribution in [-0.2, 0) is 29.7 Å². The summed E-state index contributed by atoms with van der Waals surface area (Å²) in [6.45, 7) is 0.830. The standard InChI is InChI=1S/C31H33N7O5/c1-36-24-12-11-21(15-23(24)34-35-36)17-33-29(39)25-18-37(31(41)42-19-20-7-3-2-4-8-20)13-14-38(25)30(40)28(32)27-16-22-9-5-6-10-26(22)43-27/h2-12,15-16,25,28-29,33,39H,13-14,17-19,32H2,1H3. The molecule has 1 saturated heterocycles. The van der Waals surface area contributed by atoms with Crippen molar-refractivity contribution in [2.45, 2.75) is 31.5 Å². The van der Waals surface area contributed by atoms with Gasteiger partial charge in [-0.1, -0.05) is 59.8 Å². The zero-order valence-corrected chi connectivity index (χ0v) is 23.7. The molecule has 6 rings (SSSR count). The summed E-state index contributed by atoms with van der Waals surface area (Å²) in [7, 11) is 1.82. The molecule has 3 aromatic carbocycles. The normalized spacial score (nSPS) is 16.9. The fourth-order valence-electron chi connectivity index (χ4n) is 5.34. The Morgan fingerprint density at radius 1 is 1.07 bits per heavy atom. The van der Waals surface area contributed by atoms with Crippen LogP contribution >= 0.6 is 0 Å². The van der Waals surface area contributed by atoms with Crippen molar-refractivity contribution in [2.24, 2.45) is 12.8 Å². The number of fused-ring (bicyclic) bond motifs is 2. The van der Waals surface area contributed by atoms with Gasteiger partial charge in [0.15, 0.2) is 0 Å². The molecule has 3 heterocycles. The third-order valence-electron chi connectivity index (χ3n) is 7.74. The number of nitrogens with one attached hydrogen (secondary N) is 1. The topological polar surface area (TPSA) is 152 Å². The number of ether oxygens (including phenoxy) is 1. The maximum atomic E-state index is 13.8. The molecule has 2 aromatic heterocycles. The Hall–Kier alpha value is -4.78. The Labute approximate surface area is 247 Å². The van der Waals surface area contributed by atoms with Crippen molar-refractivity contribution in [2.75, 3.05) is 19.6 Å². The Bertz CT molecular complexity index is 1700. The van der Waals surface area contributed by atoms with Crippen molar-refractivity contribution >= 4 is 34.0 Å². The summed E-state index contributed by atoms with van der Waals surface area (Å²) in [5, 5.41) is 23.5. The van der Waals surface area contributed by atoms with E-state index in [1.807, 2.05) is 79.8 Å². The number of aliphatic hydroxyl groups is 1. The molecule has 5 aromatic rings. The van der Waals surface area contributed by atoms with Gasteiger partial charge in [-0.3, -0.25) is 10.1 Å². The Morgan fingerprint density at radius 3 is 2.67 bits per heavy atom. The first-order valence-corrected chi connectivity index (χ1v) is 14.1. The minimum absolute atomic E-state index is 0.0452. The summed E-state index contributed by atoms with van der Waals surface area (Å²) in [6, 6.07) is 22.4. The fraction of sp³-hybridized carbons (Fsp3) is 0.290. The number of nitrogens with zero attached hydrogens (tertiary/aromatic N) is 5. The SMILES string of the molecule is Cn1nnc2cc(CNC(O)C3CN(C(=O)OCc4ccccc4)CCN3C(=O)C(N)c3cc4ccccc4o3)ccc21. The minimum atomic E-state index is -1.19. The molecule has 0 saturated carbocycles. The number of para-hydroxylation sites is 1. The number of nitrogens with two attached hydrogens (primary N) is 1. The van der Waals surface area contributed by atoms with E-state index in [1.54, 1.807) is 10.7 Å². The lowest BCUT2D eigenvalue weighted by atomic mass is 10.1. The molecule has 0 bridgehead atoms. The lowest BCUT2D eigenvalue weighted by Crippen LogP contribution is -2.64. The second kappa shape index (κ2) is 12.2. The first-order chi connectivity index (χ1) is 20.9. The van der Waals surface area contributed by atoms with Crippen LogP contribution in [0, 0.1) is 0 Å². The van der Waals surface area contributed by atoms with Crippen molar-refractivity contribution in [3.63, 3.8) is 0 Å². The van der Waals surface area contributed by atoms with Gasteiger partial charge in [-0.15, -0.1) is 5.10 Å². The van der Waals surface area contributed by atoms with Crippen LogP contribution in [0.4, 0.5) is 4.79 Å². The zero-order chi connectivity index (χ0) is 29.9. The third-order valence-corrected chi connectivity index (χ3v) is 7.74. The van der Waals surface area contributed by atoms with E-state index < -0.39 is 30.3 Å². The average molecular weight is 584 g/mol. The number of benzene rings is 3. The van der Waals surface area contributed by atoms with Crippen LogP contribution in [-0.4, -0.2) is 73.8 Å². The van der Waals surface area contributed by atoms with E-state index in [1.165, 1.54) is 9.80 Å². The summed E-state index contributed by atoms with van der Waals surface area (Å²) in [4.78, 5) is 29.8. The van der Waals surface area contributed by atoms with Gasteiger partial charge < -0.3 is 29.8 Å². The molecule has 1 fully saturated rings. The quantitative estimate of drug-likeness (QED) is 0.234. The van der Waals surface area contributed by atoms with Gasteiger partial charge in [0.05, 0.1) is 11.6 Å². The number of aryl methyl sites for hydroxylation is 1. The molecule has 222 valence electrons. The van der Waals surface area contributed by atoms with Gasteiger partial charge in [-0.05, 0) is 35.4 Å². The van der Waals surface area contributed by atoms with Crippen LogP contribution in [0.5, 0.6) is 0 Å². The summed E-state index contributed by atoms with van der Waals surface area (Å²) in [5.41, 5.74) is 10.4. The van der Waals surface area contributed by atoms with Gasteiger partial charge in [0.1, 0.15) is 35.7 Å². The van der Waals surface area contributed by atoms with Crippen molar-refractivity contribution < 1.29 is 23.8 Å². The summed E-state index contributed by atoms with van der Waals surface area (Å²) in [5.74, 6) is -0.0856. The Balaban J connectivity index is 1.18. The highest BCUT2D eigenvalue weighted by Gasteiger charge is 2.39. The average Bonchev–Trinajstić information content (AvgIpc) is 3.65. The Kier molecular flexibility index (Phi) is 8.05. The molecule has 3 atom stereocenters. The van der Waals surface area contributed by atoms with Gasteiger partial charge in [0.25, 0.3) is 0 Å². The van der Waals surface area contributed by atoms with Crippen molar-refractivity contribution in [3.8, 4) is 0 Å². The molecule has 1 aliphatic heterocycles. The number of carbonyl (C=O) groups excluding carboxylic acids is 2. The smallest absolute Gasteiger partial charge is 0.410 e. The van der Waals surface area contributed by atoms with Crippen LogP contribution in [0.3, 0.4) is 0 Å². The van der Waals surface area contributed by atoms with Gasteiger partial charge in [-0.25, -0.2) is 9.48 Å². The lowest BCUT2D eigenvalue weighted by molar-refractivity contribution is -0.142. The van der Waals surface area contributed by atoms with E-state index in [4.69, 9.17) is 14.9 Å². The van der Waals surface area contributed by atoms with Crippen molar-refractivity contribution in [1.82, 2.24) is 30.1 Å². The number of amides is 2. The van der Waals surface area contributed by atoms with Crippen LogP contribution in [0.15, 0.2) is 83.3 Å². The molecule has 12 nitrogen and oxygen atoms in total. The molecule has 2 amide bonds. The van der Waals surface area contributed by atoms with Gasteiger partial charge >= 0.3 is 6.09 Å². The van der Waals surface area contributed by atoms with Gasteiger partial charge in [-0.2, -0.15) is 0 Å². The predicted octanol–water partition coefficient (Wildman–Crippen LogP) is 2.67.